The number of H-pyrrole nitrogens is 1. The molecule has 0 saturated carbocycles. The highest BCUT2D eigenvalue weighted by atomic mass is 32.1. The molecule has 5 rings (SSSR count). The zero-order chi connectivity index (χ0) is 23.9. The van der Waals surface area contributed by atoms with Crippen LogP contribution in [0.2, 0.25) is 0 Å². The summed E-state index contributed by atoms with van der Waals surface area (Å²) in [6.45, 7) is 11.0. The van der Waals surface area contributed by atoms with Crippen molar-refractivity contribution in [3.8, 4) is 21.6 Å². The van der Waals surface area contributed by atoms with Crippen molar-refractivity contribution in [1.29, 1.82) is 0 Å². The molecular weight excluding hydrogens is 441 g/mol. The van der Waals surface area contributed by atoms with Gasteiger partial charge in [-0.25, -0.2) is 4.39 Å². The number of halogens is 1. The van der Waals surface area contributed by atoms with Gasteiger partial charge in [-0.2, -0.15) is 5.10 Å². The fourth-order valence-corrected chi connectivity index (χ4v) is 6.15. The van der Waals surface area contributed by atoms with Gasteiger partial charge in [-0.15, -0.1) is 11.3 Å². The monoisotopic (exact) mass is 473 g/mol. The molecule has 0 radical (unpaired) electrons. The van der Waals surface area contributed by atoms with Crippen molar-refractivity contribution in [2.45, 2.75) is 51.7 Å². The van der Waals surface area contributed by atoms with E-state index >= 15 is 0 Å². The number of nitrogens with one attached hydrogen (secondary N) is 1. The van der Waals surface area contributed by atoms with E-state index in [1.54, 1.807) is 0 Å². The van der Waals surface area contributed by atoms with Gasteiger partial charge in [-0.3, -0.25) is 10.00 Å². The molecule has 176 valence electrons. The minimum atomic E-state index is -0.667. The third kappa shape index (κ3) is 4.35. The lowest BCUT2D eigenvalue weighted by atomic mass is 9.73. The van der Waals surface area contributed by atoms with Gasteiger partial charge < -0.3 is 0 Å². The summed E-state index contributed by atoms with van der Waals surface area (Å²) in [5, 5.41) is 7.25. The van der Waals surface area contributed by atoms with Crippen LogP contribution in [0.3, 0.4) is 0 Å². The quantitative estimate of drug-likeness (QED) is 0.304. The molecule has 0 spiro atoms. The van der Waals surface area contributed by atoms with Crippen molar-refractivity contribution in [1.82, 2.24) is 15.1 Å². The molecule has 1 saturated heterocycles. The van der Waals surface area contributed by atoms with Crippen LogP contribution in [0.25, 0.3) is 21.6 Å². The van der Waals surface area contributed by atoms with Crippen molar-refractivity contribution < 1.29 is 4.39 Å². The van der Waals surface area contributed by atoms with Gasteiger partial charge in [0.1, 0.15) is 6.17 Å². The van der Waals surface area contributed by atoms with E-state index in [0.29, 0.717) is 19.0 Å². The number of rotatable bonds is 7. The fourth-order valence-electron chi connectivity index (χ4n) is 4.84. The maximum Gasteiger partial charge on any atom is 0.125 e. The summed E-state index contributed by atoms with van der Waals surface area (Å²) in [5.41, 5.74) is 7.27. The Labute approximate surface area is 205 Å². The number of nitrogens with zero attached hydrogens (tertiary/aromatic N) is 2. The Bertz CT molecular complexity index is 1280. The summed E-state index contributed by atoms with van der Waals surface area (Å²) < 4.78 is 13.3. The summed E-state index contributed by atoms with van der Waals surface area (Å²) in [4.78, 5) is 4.85. The minimum Gasteiger partial charge on any atom is -0.293 e. The highest BCUT2D eigenvalue weighted by Gasteiger charge is 2.31. The minimum absolute atomic E-state index is 0.0386. The number of aryl methyl sites for hydroxylation is 1. The van der Waals surface area contributed by atoms with Gasteiger partial charge in [0.25, 0.3) is 0 Å². The van der Waals surface area contributed by atoms with E-state index in [9.17, 15) is 4.39 Å². The van der Waals surface area contributed by atoms with Gasteiger partial charge in [-0.1, -0.05) is 69.3 Å². The average molecular weight is 474 g/mol. The highest BCUT2D eigenvalue weighted by Crippen LogP contribution is 2.44. The molecule has 0 aliphatic carbocycles. The number of aromatic nitrogens is 2. The second kappa shape index (κ2) is 9.12. The molecule has 0 amide bonds. The lowest BCUT2D eigenvalue weighted by Crippen LogP contribution is -2.47. The molecule has 3 nitrogen and oxygen atoms in total. The summed E-state index contributed by atoms with van der Waals surface area (Å²) in [6.07, 6.45) is 1.24. The molecule has 1 aliphatic rings. The van der Waals surface area contributed by atoms with Crippen LogP contribution >= 0.6 is 11.3 Å². The van der Waals surface area contributed by atoms with Gasteiger partial charge >= 0.3 is 0 Å². The summed E-state index contributed by atoms with van der Waals surface area (Å²) in [6, 6.07) is 22.0. The normalized spacial score (nSPS) is 15.9. The van der Waals surface area contributed by atoms with Gasteiger partial charge in [0.15, 0.2) is 0 Å². The molecule has 5 heteroatoms. The van der Waals surface area contributed by atoms with E-state index in [4.69, 9.17) is 0 Å². The van der Waals surface area contributed by atoms with Crippen LogP contribution in [0.1, 0.15) is 48.4 Å². The smallest absolute Gasteiger partial charge is 0.125 e. The first-order valence-electron chi connectivity index (χ1n) is 12.0. The first kappa shape index (κ1) is 23.0. The van der Waals surface area contributed by atoms with Gasteiger partial charge in [0.2, 0.25) is 0 Å². The molecule has 2 aromatic carbocycles. The molecule has 1 atom stereocenters. The first-order valence-corrected chi connectivity index (χ1v) is 12.8. The van der Waals surface area contributed by atoms with Crippen LogP contribution in [0.4, 0.5) is 4.39 Å². The molecule has 34 heavy (non-hydrogen) atoms. The number of benzene rings is 2. The number of thiophene rings is 1. The van der Waals surface area contributed by atoms with Crippen molar-refractivity contribution in [3.63, 3.8) is 0 Å². The summed E-state index contributed by atoms with van der Waals surface area (Å²) in [5.74, 6) is 0.349. The Morgan fingerprint density at radius 2 is 1.88 bits per heavy atom. The Kier molecular flexibility index (Phi) is 6.17. The first-order chi connectivity index (χ1) is 16.3. The molecule has 4 aromatic rings. The fraction of sp³-hybridized carbons (Fsp3) is 0.345. The van der Waals surface area contributed by atoms with E-state index in [-0.39, 0.29) is 5.41 Å². The maximum absolute atomic E-state index is 13.3. The van der Waals surface area contributed by atoms with E-state index < -0.39 is 6.17 Å². The zero-order valence-corrected chi connectivity index (χ0v) is 21.1. The second-order valence-corrected chi connectivity index (χ2v) is 11.2. The summed E-state index contributed by atoms with van der Waals surface area (Å²) >= 11 is 1.88. The van der Waals surface area contributed by atoms with Crippen molar-refractivity contribution >= 4 is 11.3 Å². The molecule has 1 aliphatic heterocycles. The Morgan fingerprint density at radius 3 is 2.62 bits per heavy atom. The Balaban J connectivity index is 1.40. The summed E-state index contributed by atoms with van der Waals surface area (Å²) in [7, 11) is 0. The Morgan fingerprint density at radius 1 is 1.09 bits per heavy atom. The van der Waals surface area contributed by atoms with Crippen molar-refractivity contribution in [2.75, 3.05) is 13.1 Å². The molecular formula is C29H32FN3S. The molecule has 1 N–H and O–H groups in total. The number of alkyl halides is 1. The largest absolute Gasteiger partial charge is 0.293 e. The van der Waals surface area contributed by atoms with Crippen LogP contribution in [0.15, 0.2) is 66.9 Å². The van der Waals surface area contributed by atoms with E-state index in [2.05, 4.69) is 103 Å². The molecule has 0 bridgehead atoms. The molecule has 1 unspecified atom stereocenters. The van der Waals surface area contributed by atoms with Crippen LogP contribution in [-0.4, -0.2) is 34.4 Å². The predicted molar refractivity (Wildman–Crippen MR) is 140 cm³/mol. The van der Waals surface area contributed by atoms with E-state index in [1.807, 2.05) is 17.5 Å². The third-order valence-electron chi connectivity index (χ3n) is 7.47. The van der Waals surface area contributed by atoms with Crippen LogP contribution in [0, 0.1) is 6.92 Å². The van der Waals surface area contributed by atoms with E-state index in [1.165, 1.54) is 32.0 Å². The van der Waals surface area contributed by atoms with Crippen LogP contribution in [0.5, 0.6) is 0 Å². The second-order valence-electron chi connectivity index (χ2n) is 10.1. The van der Waals surface area contributed by atoms with Crippen LogP contribution in [-0.2, 0) is 12.0 Å². The lowest BCUT2D eigenvalue weighted by Gasteiger charge is -2.34. The topological polar surface area (TPSA) is 31.9 Å². The highest BCUT2D eigenvalue weighted by molar-refractivity contribution is 7.15. The molecule has 3 heterocycles. The SMILES string of the molecule is Cc1[nH]ncc1-c1cccc(C(C)(C)C(C)c2ccc(-c3ccccc3CN3CC(F)C3)s2)c1. The van der Waals surface area contributed by atoms with Gasteiger partial charge in [0.05, 0.1) is 6.20 Å². The number of hydrogen-bond donors (Lipinski definition) is 1. The maximum atomic E-state index is 13.3. The molecule has 2 aromatic heterocycles. The van der Waals surface area contributed by atoms with Crippen molar-refractivity contribution in [3.05, 3.63) is 88.6 Å². The van der Waals surface area contributed by atoms with Gasteiger partial charge in [0, 0.05) is 40.6 Å². The Hall–Kier alpha value is -2.76. The van der Waals surface area contributed by atoms with Gasteiger partial charge in [-0.05, 0) is 52.6 Å². The van der Waals surface area contributed by atoms with E-state index in [0.717, 1.165) is 17.8 Å². The molecule has 1 fully saturated rings. The number of aromatic amines is 1. The zero-order valence-electron chi connectivity index (χ0n) is 20.3. The lowest BCUT2D eigenvalue weighted by molar-refractivity contribution is 0.0592. The van der Waals surface area contributed by atoms with Crippen molar-refractivity contribution in [2.24, 2.45) is 0 Å². The van der Waals surface area contributed by atoms with Crippen LogP contribution < -0.4 is 0 Å². The standard InChI is InChI=1S/C29H32FN3S/c1-19(29(3,4)23-10-7-9-21(14-23)26-15-31-32-20(26)2)27-12-13-28(34-27)25-11-6-5-8-22(25)16-33-17-24(30)18-33/h5-15,19,24H,16-18H2,1-4H3,(H,31,32). The number of likely N-dealkylation sites (tertiary alicyclic amines) is 1. The third-order valence-corrected chi connectivity index (χ3v) is 8.77. The average Bonchev–Trinajstić information content (AvgIpc) is 3.47. The number of hydrogen-bond acceptors (Lipinski definition) is 3. The predicted octanol–water partition coefficient (Wildman–Crippen LogP) is 7.35.